The van der Waals surface area contributed by atoms with E-state index in [9.17, 15) is 14.4 Å². The Morgan fingerprint density at radius 1 is 0.963 bits per heavy atom. The van der Waals surface area contributed by atoms with Crippen molar-refractivity contribution in [2.45, 2.75) is 56.7 Å². The molecule has 0 radical (unpaired) electrons. The molecule has 0 N–H and O–H groups in total. The summed E-state index contributed by atoms with van der Waals surface area (Å²) in [6.07, 6.45) is 3.74. The molecule has 3 amide bonds. The molecule has 27 heavy (non-hydrogen) atoms. The number of hydrogen-bond donors (Lipinski definition) is 0. The van der Waals surface area contributed by atoms with Crippen LogP contribution in [-0.4, -0.2) is 59.9 Å². The number of nitrogens with zero attached hydrogens (tertiary/aromatic N) is 2. The summed E-state index contributed by atoms with van der Waals surface area (Å²) >= 11 is 0. The van der Waals surface area contributed by atoms with Crippen LogP contribution in [0.4, 0.5) is 0 Å². The Balaban J connectivity index is 1.58. The summed E-state index contributed by atoms with van der Waals surface area (Å²) in [5.41, 5.74) is 0.487. The summed E-state index contributed by atoms with van der Waals surface area (Å²) in [7, 11) is 3.07. The number of fused-ring (bicyclic) bond motifs is 2. The summed E-state index contributed by atoms with van der Waals surface area (Å²) in [6.45, 7) is 0. The van der Waals surface area contributed by atoms with E-state index < -0.39 is 0 Å². The topological polar surface area (TPSA) is 76.2 Å². The van der Waals surface area contributed by atoms with Crippen LogP contribution in [0.2, 0.25) is 0 Å². The first-order valence-electron chi connectivity index (χ1n) is 9.43. The Labute approximate surface area is 158 Å². The van der Waals surface area contributed by atoms with Gasteiger partial charge in [0, 0.05) is 31.0 Å². The number of para-hydroxylation sites is 1. The molecule has 2 unspecified atom stereocenters. The molecule has 3 fully saturated rings. The van der Waals surface area contributed by atoms with Crippen molar-refractivity contribution in [3.8, 4) is 11.5 Å². The maximum absolute atomic E-state index is 13.3. The van der Waals surface area contributed by atoms with E-state index in [1.807, 2.05) is 4.90 Å². The highest BCUT2D eigenvalue weighted by molar-refractivity contribution is 6.02. The lowest BCUT2D eigenvalue weighted by atomic mass is 9.95. The second kappa shape index (κ2) is 6.87. The van der Waals surface area contributed by atoms with Crippen molar-refractivity contribution in [2.75, 3.05) is 14.2 Å². The Morgan fingerprint density at radius 2 is 1.59 bits per heavy atom. The molecule has 0 saturated carbocycles. The Morgan fingerprint density at radius 3 is 2.15 bits per heavy atom. The lowest BCUT2D eigenvalue weighted by Gasteiger charge is -2.41. The van der Waals surface area contributed by atoms with Gasteiger partial charge in [-0.1, -0.05) is 6.07 Å². The SMILES string of the molecule is COc1cccc(C(=O)N2C3CCC2CC(N2C(=O)CCC2=O)C3)c1OC. The first-order valence-corrected chi connectivity index (χ1v) is 9.43. The molecule has 1 aromatic rings. The number of amides is 3. The van der Waals surface area contributed by atoms with Crippen LogP contribution >= 0.6 is 0 Å². The average Bonchev–Trinajstić information content (AvgIpc) is 3.15. The molecule has 3 aliphatic heterocycles. The molecule has 7 nitrogen and oxygen atoms in total. The fraction of sp³-hybridized carbons (Fsp3) is 0.550. The second-order valence-electron chi connectivity index (χ2n) is 7.42. The third-order valence-corrected chi connectivity index (χ3v) is 6.03. The lowest BCUT2D eigenvalue weighted by Crippen LogP contribution is -2.53. The molecule has 144 valence electrons. The molecule has 3 aliphatic rings. The van der Waals surface area contributed by atoms with Crippen LogP contribution < -0.4 is 9.47 Å². The number of piperidine rings is 1. The predicted octanol–water partition coefficient (Wildman–Crippen LogP) is 1.99. The number of imide groups is 1. The maximum Gasteiger partial charge on any atom is 0.258 e. The van der Waals surface area contributed by atoms with Crippen molar-refractivity contribution in [1.29, 1.82) is 0 Å². The summed E-state index contributed by atoms with van der Waals surface area (Å²) in [5, 5.41) is 0. The van der Waals surface area contributed by atoms with Crippen LogP contribution in [0.25, 0.3) is 0 Å². The largest absolute Gasteiger partial charge is 0.493 e. The van der Waals surface area contributed by atoms with Crippen LogP contribution in [0.3, 0.4) is 0 Å². The van der Waals surface area contributed by atoms with E-state index in [0.717, 1.165) is 12.8 Å². The molecule has 1 aromatic carbocycles. The molecular weight excluding hydrogens is 348 g/mol. The quantitative estimate of drug-likeness (QED) is 0.756. The van der Waals surface area contributed by atoms with Crippen LogP contribution in [0.1, 0.15) is 48.9 Å². The zero-order chi connectivity index (χ0) is 19.1. The van der Waals surface area contributed by atoms with Gasteiger partial charge in [0.25, 0.3) is 5.91 Å². The normalized spacial score (nSPS) is 27.3. The van der Waals surface area contributed by atoms with Gasteiger partial charge in [0.05, 0.1) is 19.8 Å². The summed E-state index contributed by atoms with van der Waals surface area (Å²) in [6, 6.07) is 5.30. The van der Waals surface area contributed by atoms with Crippen molar-refractivity contribution in [1.82, 2.24) is 9.80 Å². The summed E-state index contributed by atoms with van der Waals surface area (Å²) in [5.74, 6) is 0.753. The number of benzene rings is 1. The van der Waals surface area contributed by atoms with Gasteiger partial charge in [0.2, 0.25) is 11.8 Å². The first-order chi connectivity index (χ1) is 13.0. The monoisotopic (exact) mass is 372 g/mol. The van der Waals surface area contributed by atoms with E-state index >= 15 is 0 Å². The van der Waals surface area contributed by atoms with E-state index in [1.54, 1.807) is 25.3 Å². The van der Waals surface area contributed by atoms with E-state index in [4.69, 9.17) is 9.47 Å². The van der Waals surface area contributed by atoms with Crippen molar-refractivity contribution in [2.24, 2.45) is 0 Å². The van der Waals surface area contributed by atoms with Gasteiger partial charge >= 0.3 is 0 Å². The number of methoxy groups -OCH3 is 2. The third kappa shape index (κ3) is 2.85. The van der Waals surface area contributed by atoms with Crippen molar-refractivity contribution in [3.05, 3.63) is 23.8 Å². The third-order valence-electron chi connectivity index (χ3n) is 6.03. The van der Waals surface area contributed by atoms with Gasteiger partial charge in [0.15, 0.2) is 11.5 Å². The number of ether oxygens (including phenoxy) is 2. The highest BCUT2D eigenvalue weighted by atomic mass is 16.5. The number of carbonyl (C=O) groups is 3. The molecule has 0 aromatic heterocycles. The number of hydrogen-bond acceptors (Lipinski definition) is 5. The van der Waals surface area contributed by atoms with Gasteiger partial charge in [-0.3, -0.25) is 19.3 Å². The maximum atomic E-state index is 13.3. The zero-order valence-corrected chi connectivity index (χ0v) is 15.6. The fourth-order valence-electron chi connectivity index (χ4n) is 4.89. The Kier molecular flexibility index (Phi) is 4.53. The highest BCUT2D eigenvalue weighted by Crippen LogP contribution is 2.41. The van der Waals surface area contributed by atoms with E-state index in [1.165, 1.54) is 12.0 Å². The standard InChI is InChI=1S/C20H24N2O5/c1-26-16-5-3-4-15(19(16)27-2)20(25)21-12-6-7-13(21)11-14(10-12)22-17(23)8-9-18(22)24/h3-5,12-14H,6-11H2,1-2H3. The molecule has 7 heteroatoms. The average molecular weight is 372 g/mol. The molecular formula is C20H24N2O5. The van der Waals surface area contributed by atoms with E-state index in [-0.39, 0.29) is 35.8 Å². The smallest absolute Gasteiger partial charge is 0.258 e. The van der Waals surface area contributed by atoms with Gasteiger partial charge in [-0.2, -0.15) is 0 Å². The van der Waals surface area contributed by atoms with Gasteiger partial charge in [0.1, 0.15) is 0 Å². The zero-order valence-electron chi connectivity index (χ0n) is 15.6. The molecule has 2 bridgehead atoms. The van der Waals surface area contributed by atoms with Gasteiger partial charge in [-0.25, -0.2) is 0 Å². The summed E-state index contributed by atoms with van der Waals surface area (Å²) in [4.78, 5) is 40.9. The van der Waals surface area contributed by atoms with Crippen molar-refractivity contribution < 1.29 is 23.9 Å². The lowest BCUT2D eigenvalue weighted by molar-refractivity contribution is -0.142. The minimum Gasteiger partial charge on any atom is -0.493 e. The Bertz CT molecular complexity index is 763. The van der Waals surface area contributed by atoms with Crippen LogP contribution in [0.5, 0.6) is 11.5 Å². The van der Waals surface area contributed by atoms with Gasteiger partial charge in [-0.05, 0) is 37.8 Å². The Hall–Kier alpha value is -2.57. The molecule has 3 heterocycles. The van der Waals surface area contributed by atoms with Crippen LogP contribution in [0, 0.1) is 0 Å². The molecule has 0 spiro atoms. The number of rotatable bonds is 4. The van der Waals surface area contributed by atoms with Crippen LogP contribution in [0.15, 0.2) is 18.2 Å². The molecule has 2 atom stereocenters. The first kappa shape index (κ1) is 17.8. The minimum absolute atomic E-state index is 0.0401. The number of carbonyl (C=O) groups excluding carboxylic acids is 3. The molecule has 4 rings (SSSR count). The second-order valence-corrected chi connectivity index (χ2v) is 7.42. The van der Waals surface area contributed by atoms with E-state index in [2.05, 4.69) is 0 Å². The fourth-order valence-corrected chi connectivity index (χ4v) is 4.89. The van der Waals surface area contributed by atoms with Crippen molar-refractivity contribution >= 4 is 17.7 Å². The van der Waals surface area contributed by atoms with Gasteiger partial charge < -0.3 is 14.4 Å². The predicted molar refractivity (Wildman–Crippen MR) is 96.6 cm³/mol. The van der Waals surface area contributed by atoms with Gasteiger partial charge in [-0.15, -0.1) is 0 Å². The van der Waals surface area contributed by atoms with Crippen molar-refractivity contribution in [3.63, 3.8) is 0 Å². The minimum atomic E-state index is -0.0822. The van der Waals surface area contributed by atoms with E-state index in [0.29, 0.717) is 42.7 Å². The number of likely N-dealkylation sites (tertiary alicyclic amines) is 1. The molecule has 0 aliphatic carbocycles. The highest BCUT2D eigenvalue weighted by Gasteiger charge is 2.48. The summed E-state index contributed by atoms with van der Waals surface area (Å²) < 4.78 is 10.7. The van der Waals surface area contributed by atoms with Crippen LogP contribution in [-0.2, 0) is 9.59 Å². The molecule has 3 saturated heterocycles.